The molecule has 2 rings (SSSR count). The highest BCUT2D eigenvalue weighted by Crippen LogP contribution is 2.54. The number of aliphatic hydroxyl groups is 1. The van der Waals surface area contributed by atoms with Crippen molar-refractivity contribution in [2.45, 2.75) is 91.1 Å². The van der Waals surface area contributed by atoms with Crippen LogP contribution in [0.25, 0.3) is 0 Å². The summed E-state index contributed by atoms with van der Waals surface area (Å²) in [4.78, 5) is 0. The fraction of sp³-hybridized carbons (Fsp3) is 0.667. The van der Waals surface area contributed by atoms with Gasteiger partial charge in [0.1, 0.15) is 5.60 Å². The summed E-state index contributed by atoms with van der Waals surface area (Å²) in [5.41, 5.74) is 2.20. The van der Waals surface area contributed by atoms with E-state index in [1.54, 1.807) is 0 Å². The van der Waals surface area contributed by atoms with Crippen LogP contribution in [0.15, 0.2) is 48.1 Å². The Labute approximate surface area is 168 Å². The van der Waals surface area contributed by atoms with E-state index in [-0.39, 0.29) is 11.5 Å². The Kier molecular flexibility index (Phi) is 6.21. The van der Waals surface area contributed by atoms with Crippen molar-refractivity contribution < 1.29 is 9.53 Å². The Balaban J connectivity index is 2.66. The second-order valence-electron chi connectivity index (χ2n) is 10.2. The van der Waals surface area contributed by atoms with Gasteiger partial charge in [0.05, 0.1) is 6.10 Å². The second kappa shape index (κ2) is 7.49. The van der Waals surface area contributed by atoms with Gasteiger partial charge in [0.25, 0.3) is 0 Å². The van der Waals surface area contributed by atoms with Crippen LogP contribution in [0.2, 0.25) is 19.6 Å². The molecule has 2 nitrogen and oxygen atoms in total. The molecule has 0 bridgehead atoms. The highest BCUT2D eigenvalue weighted by atomic mass is 28.4. The molecular weight excluding hydrogens is 348 g/mol. The Morgan fingerprint density at radius 1 is 1.19 bits per heavy atom. The monoisotopic (exact) mass is 388 g/mol. The summed E-state index contributed by atoms with van der Waals surface area (Å²) >= 11 is 0. The van der Waals surface area contributed by atoms with E-state index < -0.39 is 19.3 Å². The molecule has 0 saturated carbocycles. The van der Waals surface area contributed by atoms with Crippen molar-refractivity contribution >= 4 is 8.32 Å². The summed E-state index contributed by atoms with van der Waals surface area (Å²) in [5, 5.41) is 12.3. The van der Waals surface area contributed by atoms with Crippen molar-refractivity contribution in [3.63, 3.8) is 0 Å². The number of hydrogen-bond acceptors (Lipinski definition) is 2. The van der Waals surface area contributed by atoms with Gasteiger partial charge in [-0.15, -0.1) is 6.58 Å². The van der Waals surface area contributed by atoms with Gasteiger partial charge >= 0.3 is 0 Å². The minimum atomic E-state index is -1.90. The summed E-state index contributed by atoms with van der Waals surface area (Å²) in [5.74, 6) is 0. The molecule has 0 spiro atoms. The zero-order valence-electron chi connectivity index (χ0n) is 18.6. The predicted molar refractivity (Wildman–Crippen MR) is 119 cm³/mol. The molecule has 3 heteroatoms. The minimum Gasteiger partial charge on any atom is -0.408 e. The van der Waals surface area contributed by atoms with Gasteiger partial charge in [-0.2, -0.15) is 0 Å². The molecule has 1 unspecified atom stereocenters. The van der Waals surface area contributed by atoms with Crippen molar-refractivity contribution in [3.05, 3.63) is 48.1 Å². The van der Waals surface area contributed by atoms with E-state index >= 15 is 0 Å². The molecule has 2 aliphatic rings. The molecule has 0 aromatic heterocycles. The third-order valence-corrected chi connectivity index (χ3v) is 7.81. The highest BCUT2D eigenvalue weighted by molar-refractivity contribution is 6.69. The van der Waals surface area contributed by atoms with Crippen LogP contribution in [0.4, 0.5) is 0 Å². The van der Waals surface area contributed by atoms with E-state index in [0.717, 1.165) is 31.3 Å². The molecule has 0 amide bonds. The van der Waals surface area contributed by atoms with Crippen LogP contribution in [-0.4, -0.2) is 25.1 Å². The van der Waals surface area contributed by atoms with Crippen LogP contribution in [0, 0.1) is 10.8 Å². The van der Waals surface area contributed by atoms with Gasteiger partial charge in [0.2, 0.25) is 0 Å². The summed E-state index contributed by atoms with van der Waals surface area (Å²) in [7, 11) is -1.90. The highest BCUT2D eigenvalue weighted by Gasteiger charge is 2.56. The molecule has 1 N–H and O–H groups in total. The zero-order valence-corrected chi connectivity index (χ0v) is 19.6. The topological polar surface area (TPSA) is 29.5 Å². The van der Waals surface area contributed by atoms with Crippen LogP contribution < -0.4 is 0 Å². The third kappa shape index (κ3) is 3.97. The fourth-order valence-electron chi connectivity index (χ4n) is 4.98. The molecule has 2 aliphatic carbocycles. The lowest BCUT2D eigenvalue weighted by molar-refractivity contribution is -0.128. The van der Waals surface area contributed by atoms with Gasteiger partial charge in [-0.25, -0.2) is 0 Å². The SMILES string of the molecule is C=CC1=C(C)CC[C@@](O)([C@@H](O[Si](C)(C)C)C2=CCCCC2(C)C=C)C1(C)C. The summed E-state index contributed by atoms with van der Waals surface area (Å²) in [6.07, 6.45) is 10.9. The first-order chi connectivity index (χ1) is 12.3. The predicted octanol–water partition coefficient (Wildman–Crippen LogP) is 6.56. The maximum atomic E-state index is 12.3. The first-order valence-electron chi connectivity index (χ1n) is 10.4. The average molecular weight is 389 g/mol. The van der Waals surface area contributed by atoms with Crippen LogP contribution in [0.3, 0.4) is 0 Å². The van der Waals surface area contributed by atoms with Crippen LogP contribution in [-0.2, 0) is 4.43 Å². The lowest BCUT2D eigenvalue weighted by Crippen LogP contribution is -2.61. The smallest absolute Gasteiger partial charge is 0.184 e. The van der Waals surface area contributed by atoms with E-state index in [2.05, 4.69) is 72.6 Å². The molecule has 0 fully saturated rings. The molecule has 0 radical (unpaired) electrons. The van der Waals surface area contributed by atoms with Gasteiger partial charge in [-0.3, -0.25) is 0 Å². The molecule has 27 heavy (non-hydrogen) atoms. The number of allylic oxidation sites excluding steroid dienone is 4. The lowest BCUT2D eigenvalue weighted by atomic mass is 9.57. The van der Waals surface area contributed by atoms with E-state index in [0.29, 0.717) is 6.42 Å². The largest absolute Gasteiger partial charge is 0.408 e. The van der Waals surface area contributed by atoms with Crippen LogP contribution in [0.5, 0.6) is 0 Å². The van der Waals surface area contributed by atoms with Crippen molar-refractivity contribution in [1.29, 1.82) is 0 Å². The standard InChI is InChI=1S/C24H40O2Si/c1-10-19-18(3)15-17-24(25,22(19,4)5)21(26-27(7,8)9)20-14-12-13-16-23(20,6)11-2/h10-11,14,21,25H,1-2,12-13,15-17H2,3-9H3/t21-,23?,24+/m0/s1. The van der Waals surface area contributed by atoms with Crippen molar-refractivity contribution in [2.24, 2.45) is 10.8 Å². The lowest BCUT2D eigenvalue weighted by Gasteiger charge is -2.55. The quantitative estimate of drug-likeness (QED) is 0.412. The van der Waals surface area contributed by atoms with E-state index in [4.69, 9.17) is 4.43 Å². The van der Waals surface area contributed by atoms with Gasteiger partial charge in [-0.1, -0.05) is 51.2 Å². The first-order valence-corrected chi connectivity index (χ1v) is 13.8. The van der Waals surface area contributed by atoms with E-state index in [9.17, 15) is 5.11 Å². The number of hydrogen-bond donors (Lipinski definition) is 1. The Bertz CT molecular complexity index is 664. The maximum Gasteiger partial charge on any atom is 0.184 e. The average Bonchev–Trinajstić information content (AvgIpc) is 2.56. The van der Waals surface area contributed by atoms with E-state index in [1.165, 1.54) is 11.1 Å². The second-order valence-corrected chi connectivity index (χ2v) is 14.7. The van der Waals surface area contributed by atoms with Crippen LogP contribution >= 0.6 is 0 Å². The van der Waals surface area contributed by atoms with Gasteiger partial charge in [-0.05, 0) is 69.8 Å². The molecule has 0 heterocycles. The zero-order chi connectivity index (χ0) is 20.7. The van der Waals surface area contributed by atoms with E-state index in [1.807, 2.05) is 6.08 Å². The molecule has 0 aliphatic heterocycles. The van der Waals surface area contributed by atoms with Crippen LogP contribution in [0.1, 0.15) is 59.8 Å². The summed E-state index contributed by atoms with van der Waals surface area (Å²) < 4.78 is 6.80. The van der Waals surface area contributed by atoms with Crippen molar-refractivity contribution in [2.75, 3.05) is 0 Å². The fourth-order valence-corrected chi connectivity index (χ4v) is 6.01. The third-order valence-electron chi connectivity index (χ3n) is 6.86. The van der Waals surface area contributed by atoms with Crippen molar-refractivity contribution in [1.82, 2.24) is 0 Å². The Morgan fingerprint density at radius 2 is 1.81 bits per heavy atom. The number of rotatable bonds is 6. The van der Waals surface area contributed by atoms with Gasteiger partial charge in [0, 0.05) is 10.8 Å². The summed E-state index contributed by atoms with van der Waals surface area (Å²) in [6, 6.07) is 0. The maximum absolute atomic E-state index is 12.3. The molecule has 0 aromatic carbocycles. The minimum absolute atomic E-state index is 0.126. The molecule has 3 atom stereocenters. The molecule has 152 valence electrons. The van der Waals surface area contributed by atoms with Crippen molar-refractivity contribution in [3.8, 4) is 0 Å². The van der Waals surface area contributed by atoms with Gasteiger partial charge < -0.3 is 9.53 Å². The molecular formula is C24H40O2Si. The Morgan fingerprint density at radius 3 is 2.33 bits per heavy atom. The first kappa shape index (κ1) is 22.4. The molecule has 0 saturated heterocycles. The van der Waals surface area contributed by atoms with Gasteiger partial charge in [0.15, 0.2) is 8.32 Å². The summed E-state index contributed by atoms with van der Waals surface area (Å²) in [6.45, 7) is 23.6. The Hall–Kier alpha value is -0.903. The molecule has 0 aromatic rings. The normalized spacial score (nSPS) is 32.7.